The minimum atomic E-state index is -1.64. The second kappa shape index (κ2) is 10.8. The van der Waals surface area contributed by atoms with Gasteiger partial charge in [-0.25, -0.2) is 4.79 Å². The summed E-state index contributed by atoms with van der Waals surface area (Å²) in [4.78, 5) is 29.2. The molecule has 1 aliphatic heterocycles. The molecule has 1 saturated heterocycles. The smallest absolute Gasteiger partial charge is 0.356 e. The van der Waals surface area contributed by atoms with E-state index in [0.717, 1.165) is 5.69 Å². The Morgan fingerprint density at radius 3 is 2.53 bits per heavy atom. The van der Waals surface area contributed by atoms with Crippen molar-refractivity contribution in [1.29, 1.82) is 0 Å². The van der Waals surface area contributed by atoms with Gasteiger partial charge in [0, 0.05) is 41.4 Å². The quantitative estimate of drug-likeness (QED) is 0.437. The minimum Gasteiger partial charge on any atom is -0.611 e. The van der Waals surface area contributed by atoms with Crippen LogP contribution < -0.4 is 4.90 Å². The van der Waals surface area contributed by atoms with E-state index in [0.29, 0.717) is 28.6 Å². The van der Waals surface area contributed by atoms with Crippen molar-refractivity contribution >= 4 is 51.9 Å². The van der Waals surface area contributed by atoms with E-state index in [9.17, 15) is 14.1 Å². The molecule has 0 saturated carbocycles. The van der Waals surface area contributed by atoms with Gasteiger partial charge >= 0.3 is 5.97 Å². The fourth-order valence-corrected chi connectivity index (χ4v) is 5.39. The summed E-state index contributed by atoms with van der Waals surface area (Å²) >= 11 is 10.8. The third-order valence-corrected chi connectivity index (χ3v) is 7.65. The van der Waals surface area contributed by atoms with Crippen LogP contribution in [0.3, 0.4) is 0 Å². The van der Waals surface area contributed by atoms with E-state index in [1.165, 1.54) is 6.07 Å². The highest BCUT2D eigenvalue weighted by Crippen LogP contribution is 2.29. The lowest BCUT2D eigenvalue weighted by Gasteiger charge is -2.46. The molecule has 6 nitrogen and oxygen atoms in total. The molecule has 172 valence electrons. The Labute approximate surface area is 201 Å². The van der Waals surface area contributed by atoms with E-state index in [1.54, 1.807) is 19.1 Å². The SMILES string of the molecule is CCOC(=O)C[S+]([O-])c1ccc(C(=O)N2CCN(c3cccc(Cl)c3)C(C)C2C)cc1Cl. The van der Waals surface area contributed by atoms with Gasteiger partial charge in [0.05, 0.1) is 11.6 Å². The fraction of sp³-hybridized carbons (Fsp3) is 0.391. The Balaban J connectivity index is 1.72. The Hall–Kier alpha value is -1.93. The first-order valence-electron chi connectivity index (χ1n) is 10.4. The molecule has 32 heavy (non-hydrogen) atoms. The lowest BCUT2D eigenvalue weighted by atomic mass is 10.0. The molecule has 1 fully saturated rings. The Kier molecular flexibility index (Phi) is 8.33. The number of nitrogens with zero attached hydrogens (tertiary/aromatic N) is 2. The summed E-state index contributed by atoms with van der Waals surface area (Å²) in [6, 6.07) is 12.4. The average molecular weight is 497 g/mol. The van der Waals surface area contributed by atoms with Crippen LogP contribution in [-0.2, 0) is 20.7 Å². The third-order valence-electron chi connectivity index (χ3n) is 5.64. The molecular weight excluding hydrogens is 471 g/mol. The number of benzene rings is 2. The van der Waals surface area contributed by atoms with Gasteiger partial charge in [0.15, 0.2) is 4.90 Å². The summed E-state index contributed by atoms with van der Waals surface area (Å²) in [7, 11) is 0. The number of carbonyl (C=O) groups is 2. The number of halogens is 2. The molecule has 1 amide bonds. The van der Waals surface area contributed by atoms with Crippen LogP contribution in [0.15, 0.2) is 47.4 Å². The maximum absolute atomic E-state index is 13.2. The van der Waals surface area contributed by atoms with Gasteiger partial charge < -0.3 is 19.1 Å². The Bertz CT molecular complexity index is 990. The molecule has 0 bridgehead atoms. The van der Waals surface area contributed by atoms with E-state index < -0.39 is 17.1 Å². The van der Waals surface area contributed by atoms with E-state index in [4.69, 9.17) is 27.9 Å². The highest BCUT2D eigenvalue weighted by atomic mass is 35.5. The van der Waals surface area contributed by atoms with Crippen molar-refractivity contribution in [3.63, 3.8) is 0 Å². The predicted octanol–water partition coefficient (Wildman–Crippen LogP) is 4.40. The van der Waals surface area contributed by atoms with Gasteiger partial charge in [0.2, 0.25) is 5.75 Å². The highest BCUT2D eigenvalue weighted by molar-refractivity contribution is 7.92. The monoisotopic (exact) mass is 496 g/mol. The number of esters is 1. The molecule has 0 spiro atoms. The number of carbonyl (C=O) groups excluding carboxylic acids is 2. The van der Waals surface area contributed by atoms with Crippen LogP contribution in [-0.4, -0.2) is 58.9 Å². The summed E-state index contributed by atoms with van der Waals surface area (Å²) < 4.78 is 17.3. The summed E-state index contributed by atoms with van der Waals surface area (Å²) in [5, 5.41) is 0.868. The first-order valence-corrected chi connectivity index (χ1v) is 12.5. The van der Waals surface area contributed by atoms with Crippen LogP contribution in [0.25, 0.3) is 0 Å². The van der Waals surface area contributed by atoms with Crippen molar-refractivity contribution in [3.05, 3.63) is 58.1 Å². The van der Waals surface area contributed by atoms with Crippen molar-refractivity contribution in [1.82, 2.24) is 4.90 Å². The van der Waals surface area contributed by atoms with Crippen molar-refractivity contribution < 1.29 is 18.9 Å². The molecule has 2 aromatic carbocycles. The number of amides is 1. The highest BCUT2D eigenvalue weighted by Gasteiger charge is 2.34. The van der Waals surface area contributed by atoms with Crippen LogP contribution in [0.4, 0.5) is 5.69 Å². The van der Waals surface area contributed by atoms with Crippen molar-refractivity contribution in [2.75, 3.05) is 30.3 Å². The lowest BCUT2D eigenvalue weighted by Crippen LogP contribution is -2.59. The first-order chi connectivity index (χ1) is 15.2. The van der Waals surface area contributed by atoms with Crippen molar-refractivity contribution in [3.8, 4) is 0 Å². The molecule has 3 atom stereocenters. The van der Waals surface area contributed by atoms with Gasteiger partial charge in [0.1, 0.15) is 0 Å². The molecule has 3 rings (SSSR count). The standard InChI is InChI=1S/C23H26Cl2N2O4S/c1-4-31-22(28)14-32(30)21-9-8-17(12-20(21)25)23(29)27-11-10-26(15(2)16(27)3)19-7-5-6-18(24)13-19/h5-9,12-13,15-16H,4,10-11,14H2,1-3H3. The number of hydrogen-bond acceptors (Lipinski definition) is 5. The minimum absolute atomic E-state index is 0.0494. The zero-order valence-electron chi connectivity index (χ0n) is 18.2. The van der Waals surface area contributed by atoms with Crippen LogP contribution in [0.1, 0.15) is 31.1 Å². The van der Waals surface area contributed by atoms with E-state index in [1.807, 2.05) is 36.1 Å². The fourth-order valence-electron chi connectivity index (χ4n) is 3.82. The molecule has 0 aromatic heterocycles. The van der Waals surface area contributed by atoms with Crippen LogP contribution in [0.2, 0.25) is 10.0 Å². The number of ether oxygens (including phenoxy) is 1. The Morgan fingerprint density at radius 2 is 1.88 bits per heavy atom. The Morgan fingerprint density at radius 1 is 1.12 bits per heavy atom. The van der Waals surface area contributed by atoms with Crippen LogP contribution >= 0.6 is 23.2 Å². The first kappa shape index (κ1) is 24.7. The molecule has 0 aliphatic carbocycles. The average Bonchev–Trinajstić information content (AvgIpc) is 2.75. The molecule has 2 aromatic rings. The van der Waals surface area contributed by atoms with E-state index in [2.05, 4.69) is 11.8 Å². The predicted molar refractivity (Wildman–Crippen MR) is 128 cm³/mol. The largest absolute Gasteiger partial charge is 0.611 e. The van der Waals surface area contributed by atoms with E-state index in [-0.39, 0.29) is 35.4 Å². The molecule has 0 radical (unpaired) electrons. The van der Waals surface area contributed by atoms with Crippen LogP contribution in [0.5, 0.6) is 0 Å². The number of piperazine rings is 1. The zero-order chi connectivity index (χ0) is 23.4. The molecule has 1 aliphatic rings. The summed E-state index contributed by atoms with van der Waals surface area (Å²) in [5.41, 5.74) is 1.45. The van der Waals surface area contributed by atoms with Crippen LogP contribution in [0, 0.1) is 0 Å². The normalized spacial score (nSPS) is 19.6. The second-order valence-electron chi connectivity index (χ2n) is 7.59. The van der Waals surface area contributed by atoms with Gasteiger partial charge in [0.25, 0.3) is 5.91 Å². The number of rotatable bonds is 6. The number of hydrogen-bond donors (Lipinski definition) is 0. The van der Waals surface area contributed by atoms with Gasteiger partial charge in [-0.15, -0.1) is 0 Å². The summed E-state index contributed by atoms with van der Waals surface area (Å²) in [6.45, 7) is 7.23. The molecule has 0 N–H and O–H groups in total. The molecule has 9 heteroatoms. The summed E-state index contributed by atoms with van der Waals surface area (Å²) in [6.07, 6.45) is 0. The van der Waals surface area contributed by atoms with Gasteiger partial charge in [-0.05, 0) is 68.3 Å². The maximum Gasteiger partial charge on any atom is 0.356 e. The molecular formula is C23H26Cl2N2O4S. The number of anilines is 1. The topological polar surface area (TPSA) is 72.9 Å². The van der Waals surface area contributed by atoms with Gasteiger partial charge in [-0.2, -0.15) is 0 Å². The van der Waals surface area contributed by atoms with Crippen molar-refractivity contribution in [2.45, 2.75) is 37.8 Å². The molecule has 1 heterocycles. The zero-order valence-corrected chi connectivity index (χ0v) is 20.5. The second-order valence-corrected chi connectivity index (χ2v) is 9.86. The van der Waals surface area contributed by atoms with Crippen molar-refractivity contribution in [2.24, 2.45) is 0 Å². The van der Waals surface area contributed by atoms with Gasteiger partial charge in [-0.1, -0.05) is 29.3 Å². The van der Waals surface area contributed by atoms with E-state index >= 15 is 0 Å². The lowest BCUT2D eigenvalue weighted by molar-refractivity contribution is -0.139. The molecule has 3 unspecified atom stereocenters. The maximum atomic E-state index is 13.2. The van der Waals surface area contributed by atoms with Gasteiger partial charge in [-0.3, -0.25) is 4.79 Å². The summed E-state index contributed by atoms with van der Waals surface area (Å²) in [5.74, 6) is -0.969. The third kappa shape index (κ3) is 5.52.